The summed E-state index contributed by atoms with van der Waals surface area (Å²) in [5.74, 6) is 1.67. The summed E-state index contributed by atoms with van der Waals surface area (Å²) in [6, 6.07) is 6.73. The van der Waals surface area contributed by atoms with E-state index in [1.807, 2.05) is 19.2 Å². The smallest absolute Gasteiger partial charge is 0.165 e. The number of methoxy groups -OCH3 is 3. The number of ether oxygens (including phenoxy) is 3. The van der Waals surface area contributed by atoms with Gasteiger partial charge in [-0.15, -0.1) is 0 Å². The third-order valence-corrected chi connectivity index (χ3v) is 5.72. The van der Waals surface area contributed by atoms with Crippen molar-refractivity contribution in [3.8, 4) is 11.5 Å². The van der Waals surface area contributed by atoms with Crippen molar-refractivity contribution in [2.24, 2.45) is 0 Å². The average molecular weight is 348 g/mol. The van der Waals surface area contributed by atoms with Crippen LogP contribution in [0.4, 0.5) is 0 Å². The molecule has 140 valence electrons. The average Bonchev–Trinajstić information content (AvgIpc) is 2.68. The zero-order valence-electron chi connectivity index (χ0n) is 15.9. The van der Waals surface area contributed by atoms with Gasteiger partial charge in [-0.2, -0.15) is 0 Å². The van der Waals surface area contributed by atoms with Gasteiger partial charge in [-0.3, -0.25) is 9.80 Å². The summed E-state index contributed by atoms with van der Waals surface area (Å²) in [6.45, 7) is 5.33. The highest BCUT2D eigenvalue weighted by atomic mass is 16.5. The lowest BCUT2D eigenvalue weighted by Crippen LogP contribution is -2.54. The number of benzene rings is 1. The second-order valence-electron chi connectivity index (χ2n) is 7.09. The highest BCUT2D eigenvalue weighted by molar-refractivity contribution is 5.46. The molecule has 2 fully saturated rings. The first-order valence-corrected chi connectivity index (χ1v) is 9.46. The van der Waals surface area contributed by atoms with E-state index in [4.69, 9.17) is 14.2 Å². The lowest BCUT2D eigenvalue weighted by Gasteiger charge is -2.43. The van der Waals surface area contributed by atoms with Gasteiger partial charge in [0.15, 0.2) is 11.5 Å². The second-order valence-corrected chi connectivity index (χ2v) is 7.09. The number of piperazine rings is 1. The first kappa shape index (κ1) is 18.5. The van der Waals surface area contributed by atoms with Crippen molar-refractivity contribution in [2.75, 3.05) is 47.5 Å². The van der Waals surface area contributed by atoms with E-state index in [0.717, 1.165) is 44.2 Å². The Hall–Kier alpha value is -1.30. The molecule has 0 radical (unpaired) electrons. The van der Waals surface area contributed by atoms with E-state index in [-0.39, 0.29) is 0 Å². The van der Waals surface area contributed by atoms with Crippen LogP contribution in [0.3, 0.4) is 0 Å². The molecule has 1 aliphatic carbocycles. The summed E-state index contributed by atoms with van der Waals surface area (Å²) in [7, 11) is 5.28. The first-order chi connectivity index (χ1) is 12.3. The van der Waals surface area contributed by atoms with Gasteiger partial charge in [0.25, 0.3) is 0 Å². The Balaban J connectivity index is 1.58. The van der Waals surface area contributed by atoms with Gasteiger partial charge < -0.3 is 14.2 Å². The molecule has 0 N–H and O–H groups in total. The van der Waals surface area contributed by atoms with E-state index >= 15 is 0 Å². The highest BCUT2D eigenvalue weighted by Crippen LogP contribution is 2.32. The second kappa shape index (κ2) is 8.88. The minimum absolute atomic E-state index is 0.416. The topological polar surface area (TPSA) is 34.2 Å². The molecule has 1 heterocycles. The molecule has 1 aliphatic heterocycles. The zero-order valence-corrected chi connectivity index (χ0v) is 15.9. The Labute approximate surface area is 151 Å². The van der Waals surface area contributed by atoms with Crippen molar-refractivity contribution in [3.05, 3.63) is 23.8 Å². The molecule has 25 heavy (non-hydrogen) atoms. The molecule has 1 saturated carbocycles. The largest absolute Gasteiger partial charge is 0.493 e. The van der Waals surface area contributed by atoms with Gasteiger partial charge in [0.1, 0.15) is 0 Å². The SMILES string of the molecule is COc1cccc(CN2CCN([C@H]3CCCC[C@@H]3OC)CC2)c1OC. The van der Waals surface area contributed by atoms with Crippen LogP contribution in [0.15, 0.2) is 18.2 Å². The van der Waals surface area contributed by atoms with E-state index in [0.29, 0.717) is 12.1 Å². The van der Waals surface area contributed by atoms with Crippen molar-refractivity contribution in [3.63, 3.8) is 0 Å². The van der Waals surface area contributed by atoms with Crippen molar-refractivity contribution >= 4 is 0 Å². The molecule has 1 aromatic carbocycles. The molecule has 0 unspecified atom stereocenters. The van der Waals surface area contributed by atoms with E-state index in [2.05, 4.69) is 15.9 Å². The molecule has 0 amide bonds. The summed E-state index contributed by atoms with van der Waals surface area (Å²) in [5.41, 5.74) is 1.20. The number of rotatable bonds is 6. The number of para-hydroxylation sites is 1. The van der Waals surface area contributed by atoms with E-state index < -0.39 is 0 Å². The molecular weight excluding hydrogens is 316 g/mol. The Morgan fingerprint density at radius 2 is 1.72 bits per heavy atom. The zero-order chi connectivity index (χ0) is 17.6. The molecule has 5 heteroatoms. The monoisotopic (exact) mass is 348 g/mol. The predicted octanol–water partition coefficient (Wildman–Crippen LogP) is 2.78. The third-order valence-electron chi connectivity index (χ3n) is 5.72. The molecule has 3 rings (SSSR count). The molecule has 1 saturated heterocycles. The molecule has 0 bridgehead atoms. The molecule has 2 atom stereocenters. The summed E-state index contributed by atoms with van der Waals surface area (Å²) in [4.78, 5) is 5.16. The van der Waals surface area contributed by atoms with Crippen LogP contribution in [-0.2, 0) is 11.3 Å². The van der Waals surface area contributed by atoms with Crippen LogP contribution in [0.25, 0.3) is 0 Å². The molecule has 5 nitrogen and oxygen atoms in total. The Bertz CT molecular complexity index is 544. The van der Waals surface area contributed by atoms with E-state index in [1.54, 1.807) is 14.2 Å². The molecular formula is C20H32N2O3. The maximum atomic E-state index is 5.75. The van der Waals surface area contributed by atoms with Gasteiger partial charge >= 0.3 is 0 Å². The lowest BCUT2D eigenvalue weighted by atomic mass is 9.90. The van der Waals surface area contributed by atoms with Gasteiger partial charge in [0, 0.05) is 51.4 Å². The minimum atomic E-state index is 0.416. The Morgan fingerprint density at radius 3 is 2.40 bits per heavy atom. The fourth-order valence-corrected chi connectivity index (χ4v) is 4.34. The maximum Gasteiger partial charge on any atom is 0.165 e. The number of nitrogens with zero attached hydrogens (tertiary/aromatic N) is 2. The van der Waals surface area contributed by atoms with Crippen LogP contribution in [0, 0.1) is 0 Å². The van der Waals surface area contributed by atoms with Gasteiger partial charge in [-0.1, -0.05) is 25.0 Å². The van der Waals surface area contributed by atoms with E-state index in [9.17, 15) is 0 Å². The van der Waals surface area contributed by atoms with Crippen LogP contribution in [0.5, 0.6) is 11.5 Å². The van der Waals surface area contributed by atoms with E-state index in [1.165, 1.54) is 31.2 Å². The molecule has 2 aliphatic rings. The molecule has 1 aromatic rings. The van der Waals surface area contributed by atoms with Gasteiger partial charge in [-0.05, 0) is 18.9 Å². The molecule has 0 spiro atoms. The fourth-order valence-electron chi connectivity index (χ4n) is 4.34. The van der Waals surface area contributed by atoms with Crippen LogP contribution < -0.4 is 9.47 Å². The minimum Gasteiger partial charge on any atom is -0.493 e. The van der Waals surface area contributed by atoms with Gasteiger partial charge in [0.2, 0.25) is 0 Å². The van der Waals surface area contributed by atoms with Crippen molar-refractivity contribution in [1.29, 1.82) is 0 Å². The summed E-state index contributed by atoms with van der Waals surface area (Å²) >= 11 is 0. The first-order valence-electron chi connectivity index (χ1n) is 9.46. The standard InChI is InChI=1S/C20H32N2O3/c1-23-18-9-5-4-8-17(18)22-13-11-21(12-14-22)15-16-7-6-10-19(24-2)20(16)25-3/h6-7,10,17-18H,4-5,8-9,11-15H2,1-3H3/t17-,18-/m0/s1. The summed E-state index contributed by atoms with van der Waals surface area (Å²) < 4.78 is 16.7. The number of hydrogen-bond acceptors (Lipinski definition) is 5. The third kappa shape index (κ3) is 4.27. The van der Waals surface area contributed by atoms with Gasteiger partial charge in [-0.25, -0.2) is 0 Å². The number of hydrogen-bond donors (Lipinski definition) is 0. The normalized spacial score (nSPS) is 25.7. The van der Waals surface area contributed by atoms with Gasteiger partial charge in [0.05, 0.1) is 20.3 Å². The lowest BCUT2D eigenvalue weighted by molar-refractivity contribution is -0.0279. The Morgan fingerprint density at radius 1 is 0.960 bits per heavy atom. The Kier molecular flexibility index (Phi) is 6.57. The summed E-state index contributed by atoms with van der Waals surface area (Å²) in [5, 5.41) is 0. The van der Waals surface area contributed by atoms with Crippen LogP contribution in [-0.4, -0.2) is 69.5 Å². The maximum absolute atomic E-state index is 5.75. The molecule has 0 aromatic heterocycles. The van der Waals surface area contributed by atoms with Crippen LogP contribution in [0.1, 0.15) is 31.2 Å². The summed E-state index contributed by atoms with van der Waals surface area (Å²) in [6.07, 6.45) is 5.56. The fraction of sp³-hybridized carbons (Fsp3) is 0.700. The predicted molar refractivity (Wildman–Crippen MR) is 99.4 cm³/mol. The van der Waals surface area contributed by atoms with Crippen molar-refractivity contribution < 1.29 is 14.2 Å². The van der Waals surface area contributed by atoms with Crippen LogP contribution >= 0.6 is 0 Å². The quantitative estimate of drug-likeness (QED) is 0.790. The highest BCUT2D eigenvalue weighted by Gasteiger charge is 2.32. The van der Waals surface area contributed by atoms with Crippen LogP contribution in [0.2, 0.25) is 0 Å². The van der Waals surface area contributed by atoms with Crippen molar-refractivity contribution in [2.45, 2.75) is 44.4 Å². The van der Waals surface area contributed by atoms with Crippen molar-refractivity contribution in [1.82, 2.24) is 9.80 Å².